The molecule has 0 saturated carbocycles. The lowest BCUT2D eigenvalue weighted by atomic mass is 10.3. The van der Waals surface area contributed by atoms with E-state index >= 15 is 0 Å². The monoisotopic (exact) mass is 284 g/mol. The molecule has 0 radical (unpaired) electrons. The van der Waals surface area contributed by atoms with Gasteiger partial charge in [0.15, 0.2) is 0 Å². The summed E-state index contributed by atoms with van der Waals surface area (Å²) in [4.78, 5) is 0. The molecule has 0 aromatic heterocycles. The van der Waals surface area contributed by atoms with E-state index in [9.17, 15) is 4.57 Å². The summed E-state index contributed by atoms with van der Waals surface area (Å²) in [5.74, 6) is 3.42. The Morgan fingerprint density at radius 2 is 1.80 bits per heavy atom. The lowest BCUT2D eigenvalue weighted by molar-refractivity contribution is 0.598. The Morgan fingerprint density at radius 1 is 1.33 bits per heavy atom. The molecule has 0 N–H and O–H groups in total. The highest BCUT2D eigenvalue weighted by Crippen LogP contribution is 2.70. The Hall–Kier alpha value is 0.700. The molecule has 0 aliphatic rings. The third-order valence-electron chi connectivity index (χ3n) is 1.70. The summed E-state index contributed by atoms with van der Waals surface area (Å²) in [6, 6.07) is 0. The van der Waals surface area contributed by atoms with Crippen LogP contribution in [0, 0.1) is 0 Å². The van der Waals surface area contributed by atoms with Crippen LogP contribution in [0.25, 0.3) is 0 Å². The second-order valence-electron chi connectivity index (χ2n) is 2.82. The van der Waals surface area contributed by atoms with E-state index in [1.54, 1.807) is 5.82 Å². The highest BCUT2D eigenvalue weighted by atomic mass is 35.5. The summed E-state index contributed by atoms with van der Waals surface area (Å²) in [6.07, 6.45) is 1.93. The van der Waals surface area contributed by atoms with Crippen LogP contribution in [0.3, 0.4) is 0 Å². The quantitative estimate of drug-likeness (QED) is 0.458. The third kappa shape index (κ3) is 6.11. The minimum absolute atomic E-state index is 0.614. The van der Waals surface area contributed by atoms with E-state index in [1.165, 1.54) is 22.8 Å². The van der Waals surface area contributed by atoms with Crippen LogP contribution >= 0.6 is 39.9 Å². The largest absolute Gasteiger partial charge is 0.296 e. The summed E-state index contributed by atoms with van der Waals surface area (Å²) in [5.41, 5.74) is -1.37. The molecule has 0 aromatic rings. The molecule has 0 rings (SSSR count). The summed E-state index contributed by atoms with van der Waals surface area (Å²) in [5, 5.41) is 0.614. The van der Waals surface area contributed by atoms with Crippen molar-refractivity contribution in [3.8, 4) is 0 Å². The van der Waals surface area contributed by atoms with Gasteiger partial charge in [0.2, 0.25) is 5.55 Å². The maximum atomic E-state index is 12.4. The molecule has 5 heteroatoms. The molecule has 0 saturated heterocycles. The maximum Gasteiger partial charge on any atom is 0.213 e. The Balaban J connectivity index is 4.88. The van der Waals surface area contributed by atoms with Gasteiger partial charge < -0.3 is 0 Å². The van der Waals surface area contributed by atoms with Crippen molar-refractivity contribution in [1.29, 1.82) is 0 Å². The van der Waals surface area contributed by atoms with Gasteiger partial charge in [-0.2, -0.15) is 0 Å². The fraction of sp³-hybridized carbons (Fsp3) is 0.600. The lowest BCUT2D eigenvalue weighted by Crippen LogP contribution is -1.77. The molecule has 0 heterocycles. The van der Waals surface area contributed by atoms with Crippen LogP contribution < -0.4 is 0 Å². The first kappa shape index (κ1) is 15.7. The van der Waals surface area contributed by atoms with E-state index < -0.39 is 5.55 Å². The van der Waals surface area contributed by atoms with Crippen molar-refractivity contribution in [2.45, 2.75) is 27.7 Å². The molecular weight excluding hydrogens is 267 g/mol. The van der Waals surface area contributed by atoms with E-state index in [-0.39, 0.29) is 0 Å². The van der Waals surface area contributed by atoms with Crippen LogP contribution in [0.4, 0.5) is 0 Å². The minimum atomic E-state index is -2.34. The first-order valence-electron chi connectivity index (χ1n) is 4.89. The van der Waals surface area contributed by atoms with E-state index in [2.05, 4.69) is 0 Å². The minimum Gasteiger partial charge on any atom is -0.296 e. The second kappa shape index (κ2) is 7.89. The van der Waals surface area contributed by atoms with Gasteiger partial charge in [0.1, 0.15) is 0 Å². The number of rotatable bonds is 6. The van der Waals surface area contributed by atoms with Gasteiger partial charge in [0.25, 0.3) is 0 Å². The van der Waals surface area contributed by atoms with Crippen LogP contribution in [0.5, 0.6) is 0 Å². The third-order valence-corrected chi connectivity index (χ3v) is 10.3. The molecule has 15 heavy (non-hydrogen) atoms. The zero-order valence-electron chi connectivity index (χ0n) is 9.62. The van der Waals surface area contributed by atoms with Crippen molar-refractivity contribution in [3.63, 3.8) is 0 Å². The Morgan fingerprint density at radius 3 is 2.13 bits per heavy atom. The van der Waals surface area contributed by atoms with E-state index in [4.69, 9.17) is 11.6 Å². The van der Waals surface area contributed by atoms with Gasteiger partial charge in [-0.25, -0.2) is 0 Å². The van der Waals surface area contributed by atoms with Gasteiger partial charge in [-0.05, 0) is 30.9 Å². The topological polar surface area (TPSA) is 17.1 Å². The molecule has 0 spiro atoms. The van der Waals surface area contributed by atoms with E-state index in [1.807, 2.05) is 33.8 Å². The smallest absolute Gasteiger partial charge is 0.213 e. The van der Waals surface area contributed by atoms with Crippen LogP contribution in [0.2, 0.25) is 0 Å². The molecule has 0 unspecified atom stereocenters. The molecule has 0 amide bonds. The fourth-order valence-corrected chi connectivity index (χ4v) is 9.17. The average molecular weight is 285 g/mol. The van der Waals surface area contributed by atoms with Gasteiger partial charge in [-0.3, -0.25) is 4.57 Å². The average Bonchev–Trinajstić information content (AvgIpc) is 2.16. The standard InChI is InChI=1S/C10H18ClOPS2/c1-5-9(4)10(11)8-13(12,14-6-2)15-7-3/h5,8H,6-7H2,1-4H3/b9-5+,10-8+. The molecule has 0 fully saturated rings. The molecule has 0 aliphatic heterocycles. The van der Waals surface area contributed by atoms with Gasteiger partial charge in [0, 0.05) is 10.8 Å². The van der Waals surface area contributed by atoms with Crippen LogP contribution in [-0.2, 0) is 4.57 Å². The molecular formula is C10H18ClOPS2. The predicted molar refractivity (Wildman–Crippen MR) is 77.2 cm³/mol. The van der Waals surface area contributed by atoms with Crippen molar-refractivity contribution in [2.75, 3.05) is 11.5 Å². The molecule has 0 atom stereocenters. The first-order chi connectivity index (χ1) is 6.99. The van der Waals surface area contributed by atoms with Crippen molar-refractivity contribution >= 4 is 39.9 Å². The highest BCUT2D eigenvalue weighted by molar-refractivity contribution is 8.91. The van der Waals surface area contributed by atoms with Gasteiger partial charge in [-0.1, -0.05) is 54.3 Å². The number of hydrogen-bond donors (Lipinski definition) is 0. The predicted octanol–water partition coefficient (Wildman–Crippen LogP) is 5.73. The first-order valence-corrected chi connectivity index (χ1v) is 10.2. The van der Waals surface area contributed by atoms with E-state index in [0.717, 1.165) is 17.1 Å². The SMILES string of the molecule is C/C=C(C)/C(Cl)=C\P(=O)(SCC)SCC. The molecule has 0 bridgehead atoms. The van der Waals surface area contributed by atoms with Crippen LogP contribution in [-0.4, -0.2) is 11.5 Å². The highest BCUT2D eigenvalue weighted by Gasteiger charge is 2.19. The summed E-state index contributed by atoms with van der Waals surface area (Å²) in [6.45, 7) is 7.88. The van der Waals surface area contributed by atoms with Gasteiger partial charge in [0.05, 0.1) is 0 Å². The maximum absolute atomic E-state index is 12.4. The lowest BCUT2D eigenvalue weighted by Gasteiger charge is -2.11. The summed E-state index contributed by atoms with van der Waals surface area (Å²) in [7, 11) is 0. The van der Waals surface area contributed by atoms with Crippen molar-refractivity contribution in [3.05, 3.63) is 22.5 Å². The fourth-order valence-electron chi connectivity index (χ4n) is 0.850. The zero-order chi connectivity index (χ0) is 11.9. The molecule has 0 aliphatic carbocycles. The van der Waals surface area contributed by atoms with Gasteiger partial charge in [-0.15, -0.1) is 0 Å². The molecule has 1 nitrogen and oxygen atoms in total. The second-order valence-corrected chi connectivity index (χ2v) is 11.7. The molecule has 88 valence electrons. The van der Waals surface area contributed by atoms with Crippen molar-refractivity contribution in [2.24, 2.45) is 0 Å². The Labute approximate surface area is 106 Å². The van der Waals surface area contributed by atoms with Gasteiger partial charge >= 0.3 is 0 Å². The zero-order valence-corrected chi connectivity index (χ0v) is 12.9. The summed E-state index contributed by atoms with van der Waals surface area (Å²) >= 11 is 9.06. The number of halogens is 1. The normalized spacial score (nSPS) is 14.5. The summed E-state index contributed by atoms with van der Waals surface area (Å²) < 4.78 is 12.4. The van der Waals surface area contributed by atoms with Crippen LogP contribution in [0.15, 0.2) is 22.5 Å². The molecule has 0 aromatic carbocycles. The van der Waals surface area contributed by atoms with Crippen molar-refractivity contribution < 1.29 is 4.57 Å². The Bertz CT molecular complexity index is 290. The van der Waals surface area contributed by atoms with Crippen LogP contribution in [0.1, 0.15) is 27.7 Å². The van der Waals surface area contributed by atoms with E-state index in [0.29, 0.717) is 5.03 Å². The number of hydrogen-bond acceptors (Lipinski definition) is 3. The number of allylic oxidation sites excluding steroid dienone is 3. The van der Waals surface area contributed by atoms with Crippen molar-refractivity contribution in [1.82, 2.24) is 0 Å². The Kier molecular flexibility index (Phi) is 8.26.